The number of rotatable bonds is 7. The fourth-order valence-electron chi connectivity index (χ4n) is 7.03. The standard InChI is InChI=1S/C33H36F3N5O2/c1-2-42-31-8-4-3-7-26(31)28-11-10-27-29(39-28)21-40(20-24-6-5-15-38-24)22-32(27)13-16-41(17-14-32)30-12-9-25(18-23(30)19-37)43-33(34,35)36/h3-4,7-12,18,24,38H,2,5-6,13-17,20-22H2,1H3/t24-/m1/s1. The number of nitrogens with one attached hydrogen (secondary N) is 1. The number of fused-ring (bicyclic) bond motifs is 2. The van der Waals surface area contributed by atoms with E-state index in [4.69, 9.17) is 9.72 Å². The number of nitrogens with zero attached hydrogens (tertiary/aromatic N) is 4. The highest BCUT2D eigenvalue weighted by atomic mass is 19.4. The van der Waals surface area contributed by atoms with Crippen LogP contribution in [0, 0.1) is 11.3 Å². The second-order valence-corrected chi connectivity index (χ2v) is 11.7. The van der Waals surface area contributed by atoms with Crippen LogP contribution in [-0.2, 0) is 12.0 Å². The van der Waals surface area contributed by atoms with Crippen LogP contribution in [0.3, 0.4) is 0 Å². The van der Waals surface area contributed by atoms with Gasteiger partial charge in [-0.15, -0.1) is 13.2 Å². The number of nitriles is 1. The van der Waals surface area contributed by atoms with Crippen molar-refractivity contribution in [3.05, 3.63) is 71.4 Å². The van der Waals surface area contributed by atoms with Gasteiger partial charge in [0.25, 0.3) is 0 Å². The number of pyridine rings is 1. The van der Waals surface area contributed by atoms with Crippen molar-refractivity contribution in [2.45, 2.75) is 57.0 Å². The Labute approximate surface area is 250 Å². The zero-order valence-corrected chi connectivity index (χ0v) is 24.3. The summed E-state index contributed by atoms with van der Waals surface area (Å²) in [4.78, 5) is 9.89. The van der Waals surface area contributed by atoms with Gasteiger partial charge in [-0.05, 0) is 75.0 Å². The number of aromatic nitrogens is 1. The lowest BCUT2D eigenvalue weighted by molar-refractivity contribution is -0.274. The number of benzene rings is 2. The van der Waals surface area contributed by atoms with Gasteiger partial charge >= 0.3 is 6.36 Å². The molecule has 6 rings (SSSR count). The van der Waals surface area contributed by atoms with Crippen molar-refractivity contribution >= 4 is 5.69 Å². The Balaban J connectivity index is 1.29. The molecule has 0 saturated carbocycles. The minimum Gasteiger partial charge on any atom is -0.493 e. The smallest absolute Gasteiger partial charge is 0.493 e. The van der Waals surface area contributed by atoms with Crippen molar-refractivity contribution in [2.24, 2.45) is 0 Å². The van der Waals surface area contributed by atoms with Crippen LogP contribution in [-0.4, -0.2) is 61.6 Å². The van der Waals surface area contributed by atoms with E-state index in [-0.39, 0.29) is 16.7 Å². The van der Waals surface area contributed by atoms with Gasteiger partial charge in [0.2, 0.25) is 0 Å². The highest BCUT2D eigenvalue weighted by Gasteiger charge is 2.43. The molecule has 1 spiro atoms. The Bertz CT molecular complexity index is 1490. The molecule has 3 aromatic rings. The third-order valence-electron chi connectivity index (χ3n) is 8.93. The third kappa shape index (κ3) is 6.29. The SMILES string of the molecule is CCOc1ccccc1-c1ccc2c(n1)CN(C[C@H]1CCCN1)CC21CCN(c2ccc(OC(F)(F)F)cc2C#N)CC1. The second kappa shape index (κ2) is 12.1. The van der Waals surface area contributed by atoms with E-state index in [2.05, 4.69) is 44.1 Å². The molecule has 3 aliphatic heterocycles. The van der Waals surface area contributed by atoms with Gasteiger partial charge in [-0.25, -0.2) is 0 Å². The molecule has 0 radical (unpaired) electrons. The maximum absolute atomic E-state index is 12.8. The summed E-state index contributed by atoms with van der Waals surface area (Å²) in [6.45, 7) is 7.64. The number of halogens is 3. The summed E-state index contributed by atoms with van der Waals surface area (Å²) in [7, 11) is 0. The summed E-state index contributed by atoms with van der Waals surface area (Å²) < 4.78 is 48.2. The zero-order valence-electron chi connectivity index (χ0n) is 24.3. The summed E-state index contributed by atoms with van der Waals surface area (Å²) in [5, 5.41) is 13.4. The normalized spacial score (nSPS) is 20.1. The number of ether oxygens (including phenoxy) is 2. The number of hydrogen-bond acceptors (Lipinski definition) is 7. The molecule has 0 bridgehead atoms. The van der Waals surface area contributed by atoms with Crippen molar-refractivity contribution < 1.29 is 22.6 Å². The largest absolute Gasteiger partial charge is 0.573 e. The molecule has 4 heterocycles. The first-order chi connectivity index (χ1) is 20.8. The monoisotopic (exact) mass is 591 g/mol. The van der Waals surface area contributed by atoms with Gasteiger partial charge in [-0.1, -0.05) is 18.2 Å². The fourth-order valence-corrected chi connectivity index (χ4v) is 7.03. The number of hydrogen-bond donors (Lipinski definition) is 1. The Kier molecular flexibility index (Phi) is 8.21. The maximum Gasteiger partial charge on any atom is 0.573 e. The molecule has 226 valence electrons. The molecule has 1 N–H and O–H groups in total. The summed E-state index contributed by atoms with van der Waals surface area (Å²) >= 11 is 0. The van der Waals surface area contributed by atoms with Crippen LogP contribution in [0.1, 0.15) is 49.4 Å². The Morgan fingerprint density at radius 3 is 2.65 bits per heavy atom. The molecule has 2 saturated heterocycles. The third-order valence-corrected chi connectivity index (χ3v) is 8.93. The van der Waals surface area contributed by atoms with E-state index in [1.54, 1.807) is 6.07 Å². The van der Waals surface area contributed by atoms with Crippen LogP contribution < -0.4 is 19.7 Å². The van der Waals surface area contributed by atoms with Crippen LogP contribution in [0.25, 0.3) is 11.3 Å². The molecular formula is C33H36F3N5O2. The van der Waals surface area contributed by atoms with E-state index < -0.39 is 6.36 Å². The van der Waals surface area contributed by atoms with Crippen molar-refractivity contribution in [3.63, 3.8) is 0 Å². The first kappa shape index (κ1) is 29.3. The number of alkyl halides is 3. The molecule has 1 atom stereocenters. The molecule has 7 nitrogen and oxygen atoms in total. The number of anilines is 1. The van der Waals surface area contributed by atoms with Crippen LogP contribution in [0.2, 0.25) is 0 Å². The molecule has 2 aromatic carbocycles. The predicted molar refractivity (Wildman–Crippen MR) is 158 cm³/mol. The van der Waals surface area contributed by atoms with E-state index in [1.165, 1.54) is 30.5 Å². The van der Waals surface area contributed by atoms with Gasteiger partial charge in [-0.3, -0.25) is 9.88 Å². The summed E-state index contributed by atoms with van der Waals surface area (Å²) in [5.74, 6) is 0.440. The van der Waals surface area contributed by atoms with E-state index in [9.17, 15) is 18.4 Å². The Morgan fingerprint density at radius 2 is 1.93 bits per heavy atom. The summed E-state index contributed by atoms with van der Waals surface area (Å²) in [6.07, 6.45) is -0.753. The molecule has 43 heavy (non-hydrogen) atoms. The first-order valence-corrected chi connectivity index (χ1v) is 15.0. The molecule has 3 aliphatic rings. The summed E-state index contributed by atoms with van der Waals surface area (Å²) in [6, 6.07) is 18.9. The quantitative estimate of drug-likeness (QED) is 0.360. The van der Waals surface area contributed by atoms with Crippen molar-refractivity contribution in [2.75, 3.05) is 44.2 Å². The van der Waals surface area contributed by atoms with Gasteiger partial charge in [-0.2, -0.15) is 5.26 Å². The molecule has 0 aliphatic carbocycles. The van der Waals surface area contributed by atoms with Crippen LogP contribution in [0.15, 0.2) is 54.6 Å². The van der Waals surface area contributed by atoms with Gasteiger partial charge in [0.05, 0.1) is 29.2 Å². The summed E-state index contributed by atoms with van der Waals surface area (Å²) in [5.41, 5.74) is 4.94. The first-order valence-electron chi connectivity index (χ1n) is 15.0. The van der Waals surface area contributed by atoms with Crippen molar-refractivity contribution in [1.29, 1.82) is 5.26 Å². The van der Waals surface area contributed by atoms with E-state index in [1.807, 2.05) is 25.1 Å². The fraction of sp³-hybridized carbons (Fsp3) is 0.455. The van der Waals surface area contributed by atoms with Gasteiger partial charge in [0.1, 0.15) is 17.6 Å². The Morgan fingerprint density at radius 1 is 1.12 bits per heavy atom. The van der Waals surface area contributed by atoms with Crippen LogP contribution >= 0.6 is 0 Å². The highest BCUT2D eigenvalue weighted by molar-refractivity contribution is 5.68. The lowest BCUT2D eigenvalue weighted by atomic mass is 9.69. The lowest BCUT2D eigenvalue weighted by Gasteiger charge is -2.49. The maximum atomic E-state index is 12.8. The number of piperidine rings is 1. The zero-order chi connectivity index (χ0) is 30.0. The molecule has 0 amide bonds. The Hall–Kier alpha value is -3.81. The molecular weight excluding hydrogens is 555 g/mol. The molecule has 10 heteroatoms. The van der Waals surface area contributed by atoms with Gasteiger partial charge < -0.3 is 19.7 Å². The topological polar surface area (TPSA) is 73.7 Å². The average molecular weight is 592 g/mol. The van der Waals surface area contributed by atoms with Crippen molar-refractivity contribution in [1.82, 2.24) is 15.2 Å². The van der Waals surface area contributed by atoms with Crippen LogP contribution in [0.4, 0.5) is 18.9 Å². The number of para-hydroxylation sites is 1. The second-order valence-electron chi connectivity index (χ2n) is 11.7. The minimum absolute atomic E-state index is 0.111. The molecule has 0 unspecified atom stereocenters. The highest BCUT2D eigenvalue weighted by Crippen LogP contribution is 2.44. The molecule has 1 aromatic heterocycles. The van der Waals surface area contributed by atoms with E-state index in [0.717, 1.165) is 61.7 Å². The van der Waals surface area contributed by atoms with E-state index >= 15 is 0 Å². The molecule has 2 fully saturated rings. The van der Waals surface area contributed by atoms with Gasteiger partial charge in [0, 0.05) is 55.8 Å². The van der Waals surface area contributed by atoms with Gasteiger partial charge in [0.15, 0.2) is 0 Å². The van der Waals surface area contributed by atoms with Crippen molar-refractivity contribution in [3.8, 4) is 28.8 Å². The predicted octanol–water partition coefficient (Wildman–Crippen LogP) is 6.02. The van der Waals surface area contributed by atoms with E-state index in [0.29, 0.717) is 31.4 Å². The average Bonchev–Trinajstić information content (AvgIpc) is 3.50. The minimum atomic E-state index is -4.81. The van der Waals surface area contributed by atoms with Crippen LogP contribution in [0.5, 0.6) is 11.5 Å². The lowest BCUT2D eigenvalue weighted by Crippen LogP contribution is -2.54.